The van der Waals surface area contributed by atoms with E-state index in [0.29, 0.717) is 0 Å². The van der Waals surface area contributed by atoms with E-state index in [2.05, 4.69) is 62.4 Å². The van der Waals surface area contributed by atoms with Crippen molar-refractivity contribution in [1.29, 1.82) is 0 Å². The molecule has 0 bridgehead atoms. The highest BCUT2D eigenvalue weighted by Gasteiger charge is 2.18. The van der Waals surface area contributed by atoms with Crippen LogP contribution in [0.25, 0.3) is 11.1 Å². The van der Waals surface area contributed by atoms with Gasteiger partial charge in [-0.1, -0.05) is 61.0 Å². The number of aryl methyl sites for hydroxylation is 2. The normalized spacial score (nSPS) is 16.8. The summed E-state index contributed by atoms with van der Waals surface area (Å²) < 4.78 is 0. The Morgan fingerprint density at radius 3 is 1.91 bits per heavy atom. The van der Waals surface area contributed by atoms with Crippen molar-refractivity contribution in [2.24, 2.45) is 5.92 Å². The highest BCUT2D eigenvalue weighted by Crippen LogP contribution is 2.32. The monoisotopic (exact) mass is 291 g/mol. The minimum Gasteiger partial charge on any atom is -0.0591 e. The van der Waals surface area contributed by atoms with Gasteiger partial charge in [-0.25, -0.2) is 0 Å². The molecule has 1 aliphatic carbocycles. The average Bonchev–Trinajstić information content (AvgIpc) is 2.56. The maximum absolute atomic E-state index is 2.32. The Kier molecular flexibility index (Phi) is 4.97. The zero-order chi connectivity index (χ0) is 15.4. The molecule has 0 aliphatic heterocycles. The average molecular weight is 291 g/mol. The lowest BCUT2D eigenvalue weighted by atomic mass is 9.80. The van der Waals surface area contributed by atoms with E-state index in [1.165, 1.54) is 60.8 Å². The van der Waals surface area contributed by atoms with E-state index in [1.807, 2.05) is 0 Å². The molecule has 0 saturated heterocycles. The van der Waals surface area contributed by atoms with Gasteiger partial charge in [0, 0.05) is 0 Å². The molecule has 115 valence electrons. The van der Waals surface area contributed by atoms with Gasteiger partial charge in [0.2, 0.25) is 0 Å². The molecule has 1 fully saturated rings. The van der Waals surface area contributed by atoms with Crippen LogP contribution in [0, 0.1) is 18.8 Å². The molecular formula is C22H27. The van der Waals surface area contributed by atoms with Crippen LogP contribution < -0.4 is 0 Å². The summed E-state index contributed by atoms with van der Waals surface area (Å²) in [6, 6.07) is 18.0. The number of rotatable bonds is 4. The van der Waals surface area contributed by atoms with E-state index in [9.17, 15) is 0 Å². The summed E-state index contributed by atoms with van der Waals surface area (Å²) in [4.78, 5) is 0. The molecule has 1 saturated carbocycles. The summed E-state index contributed by atoms with van der Waals surface area (Å²) in [6.45, 7) is 4.46. The van der Waals surface area contributed by atoms with Crippen LogP contribution >= 0.6 is 0 Å². The van der Waals surface area contributed by atoms with Gasteiger partial charge < -0.3 is 0 Å². The Morgan fingerprint density at radius 2 is 1.32 bits per heavy atom. The molecule has 22 heavy (non-hydrogen) atoms. The molecule has 0 aromatic heterocycles. The Bertz CT molecular complexity index is 568. The minimum atomic E-state index is 0.945. The summed E-state index contributed by atoms with van der Waals surface area (Å²) in [7, 11) is 0. The molecule has 0 atom stereocenters. The molecule has 1 aliphatic rings. The number of hydrogen-bond acceptors (Lipinski definition) is 0. The molecule has 2 aromatic rings. The van der Waals surface area contributed by atoms with Crippen LogP contribution in [-0.2, 0) is 6.42 Å². The Balaban J connectivity index is 1.56. The van der Waals surface area contributed by atoms with Crippen LogP contribution in [0.2, 0.25) is 0 Å². The molecule has 3 rings (SSSR count). The molecule has 0 heterocycles. The van der Waals surface area contributed by atoms with Crippen molar-refractivity contribution in [3.05, 3.63) is 65.6 Å². The third-order valence-corrected chi connectivity index (χ3v) is 5.14. The molecule has 0 amide bonds. The Hall–Kier alpha value is -1.56. The highest BCUT2D eigenvalue weighted by molar-refractivity contribution is 5.63. The first kappa shape index (κ1) is 15.3. The summed E-state index contributed by atoms with van der Waals surface area (Å²) in [5, 5.41) is 0. The van der Waals surface area contributed by atoms with Crippen molar-refractivity contribution in [2.75, 3.05) is 0 Å². The van der Waals surface area contributed by atoms with Crippen molar-refractivity contribution in [3.63, 3.8) is 0 Å². The predicted molar refractivity (Wildman–Crippen MR) is 95.8 cm³/mol. The summed E-state index contributed by atoms with van der Waals surface area (Å²) in [6.07, 6.45) is 8.13. The zero-order valence-electron chi connectivity index (χ0n) is 13.9. The smallest absolute Gasteiger partial charge is 0.0184 e. The molecule has 0 N–H and O–H groups in total. The van der Waals surface area contributed by atoms with Crippen LogP contribution in [0.5, 0.6) is 0 Å². The van der Waals surface area contributed by atoms with E-state index in [0.717, 1.165) is 5.92 Å². The molecule has 0 spiro atoms. The summed E-state index contributed by atoms with van der Waals surface area (Å²) >= 11 is 0. The third-order valence-electron chi connectivity index (χ3n) is 5.14. The van der Waals surface area contributed by atoms with Gasteiger partial charge in [0.1, 0.15) is 0 Å². The molecule has 0 nitrogen and oxygen atoms in total. The van der Waals surface area contributed by atoms with Crippen LogP contribution in [0.4, 0.5) is 0 Å². The SMILES string of the molecule is C[C]1CCC(CCc2ccc(-c3ccc(C)cc3)cc2)CC1. The van der Waals surface area contributed by atoms with Gasteiger partial charge in [-0.05, 0) is 74.0 Å². The molecule has 2 aromatic carbocycles. The fourth-order valence-electron chi connectivity index (χ4n) is 3.44. The topological polar surface area (TPSA) is 0 Å². The van der Waals surface area contributed by atoms with Crippen molar-refractivity contribution < 1.29 is 0 Å². The summed E-state index contributed by atoms with van der Waals surface area (Å²) in [5.41, 5.74) is 5.45. The fourth-order valence-corrected chi connectivity index (χ4v) is 3.44. The standard InChI is InChI=1S/C22H27/c1-17-3-7-19(8-4-17)9-10-20-11-15-22(16-12-20)21-13-5-18(2)6-14-21/h5-6,11-16,19H,3-4,7-10H2,1-2H3. The van der Waals surface area contributed by atoms with Gasteiger partial charge in [-0.2, -0.15) is 0 Å². The predicted octanol–water partition coefficient (Wildman–Crippen LogP) is 6.38. The van der Waals surface area contributed by atoms with Gasteiger partial charge in [-0.15, -0.1) is 0 Å². The first-order valence-corrected chi connectivity index (χ1v) is 8.68. The van der Waals surface area contributed by atoms with E-state index in [-0.39, 0.29) is 0 Å². The second-order valence-corrected chi connectivity index (χ2v) is 7.00. The van der Waals surface area contributed by atoms with Gasteiger partial charge in [-0.3, -0.25) is 0 Å². The van der Waals surface area contributed by atoms with Gasteiger partial charge in [0.25, 0.3) is 0 Å². The molecule has 0 unspecified atom stereocenters. The van der Waals surface area contributed by atoms with Crippen molar-refractivity contribution in [2.45, 2.75) is 52.4 Å². The number of hydrogen-bond donors (Lipinski definition) is 0. The van der Waals surface area contributed by atoms with Crippen LogP contribution in [0.15, 0.2) is 48.5 Å². The Labute approximate surface area is 135 Å². The largest absolute Gasteiger partial charge is 0.0591 e. The van der Waals surface area contributed by atoms with Crippen molar-refractivity contribution in [3.8, 4) is 11.1 Å². The first-order chi connectivity index (χ1) is 10.7. The second-order valence-electron chi connectivity index (χ2n) is 7.00. The van der Waals surface area contributed by atoms with Crippen LogP contribution in [0.1, 0.15) is 50.2 Å². The van der Waals surface area contributed by atoms with Crippen LogP contribution in [-0.4, -0.2) is 0 Å². The first-order valence-electron chi connectivity index (χ1n) is 8.68. The lowest BCUT2D eigenvalue weighted by molar-refractivity contribution is 0.358. The van der Waals surface area contributed by atoms with Gasteiger partial charge in [0.15, 0.2) is 0 Å². The van der Waals surface area contributed by atoms with E-state index in [1.54, 1.807) is 5.92 Å². The molecular weight excluding hydrogens is 264 g/mol. The molecule has 0 heteroatoms. The minimum absolute atomic E-state index is 0.945. The number of benzene rings is 2. The lowest BCUT2D eigenvalue weighted by Crippen LogP contribution is -2.11. The van der Waals surface area contributed by atoms with Crippen LogP contribution in [0.3, 0.4) is 0 Å². The third kappa shape index (κ3) is 4.00. The maximum atomic E-state index is 2.32. The fraction of sp³-hybridized carbons (Fsp3) is 0.409. The Morgan fingerprint density at radius 1 is 0.773 bits per heavy atom. The summed E-state index contributed by atoms with van der Waals surface area (Å²) in [5.74, 6) is 2.65. The lowest BCUT2D eigenvalue weighted by Gasteiger charge is -2.25. The highest BCUT2D eigenvalue weighted by atomic mass is 14.2. The van der Waals surface area contributed by atoms with Gasteiger partial charge in [0.05, 0.1) is 0 Å². The maximum Gasteiger partial charge on any atom is -0.0184 e. The van der Waals surface area contributed by atoms with E-state index >= 15 is 0 Å². The zero-order valence-corrected chi connectivity index (χ0v) is 13.9. The van der Waals surface area contributed by atoms with Crippen molar-refractivity contribution >= 4 is 0 Å². The van der Waals surface area contributed by atoms with E-state index in [4.69, 9.17) is 0 Å². The quantitative estimate of drug-likeness (QED) is 0.613. The van der Waals surface area contributed by atoms with Gasteiger partial charge >= 0.3 is 0 Å². The second kappa shape index (κ2) is 7.13. The molecule has 1 radical (unpaired) electrons. The van der Waals surface area contributed by atoms with E-state index < -0.39 is 0 Å². The van der Waals surface area contributed by atoms with Crippen molar-refractivity contribution in [1.82, 2.24) is 0 Å².